The van der Waals surface area contributed by atoms with E-state index in [1.165, 1.54) is 0 Å². The molecule has 0 aromatic carbocycles. The molecule has 0 atom stereocenters. The van der Waals surface area contributed by atoms with Gasteiger partial charge in [-0.25, -0.2) is 14.3 Å². The number of nitro groups is 1. The van der Waals surface area contributed by atoms with Crippen LogP contribution in [0.15, 0.2) is 10.3 Å². The number of sulfonamides is 1. The van der Waals surface area contributed by atoms with Crippen LogP contribution in [-0.4, -0.2) is 37.4 Å². The zero-order chi connectivity index (χ0) is 15.7. The molecule has 1 rings (SSSR count). The molecule has 8 nitrogen and oxygen atoms in total. The maximum Gasteiger partial charge on any atom is 0.402 e. The summed E-state index contributed by atoms with van der Waals surface area (Å²) in [4.78, 5) is 9.75. The molecule has 0 saturated heterocycles. The van der Waals surface area contributed by atoms with Crippen LogP contribution in [0.4, 0.5) is 23.9 Å². The fourth-order valence-electron chi connectivity index (χ4n) is 1.22. The molecule has 0 aliphatic carbocycles. The van der Waals surface area contributed by atoms with Gasteiger partial charge in [-0.15, -0.1) is 0 Å². The Bertz CT molecular complexity index is 612. The van der Waals surface area contributed by atoms with Crippen LogP contribution in [0.2, 0.25) is 0 Å². The van der Waals surface area contributed by atoms with Crippen LogP contribution in [0.25, 0.3) is 0 Å². The molecular weight excluding hydrogens is 325 g/mol. The van der Waals surface area contributed by atoms with Gasteiger partial charge in [-0.05, 0) is 0 Å². The van der Waals surface area contributed by atoms with E-state index in [1.807, 2.05) is 5.43 Å². The van der Waals surface area contributed by atoms with Gasteiger partial charge in [0.25, 0.3) is 10.0 Å². The SMILES string of the molecule is CN(CC(F)(F)F)S(=O)(=O)c1cc([N+](=O)[O-])c(NN)s1. The van der Waals surface area contributed by atoms with Crippen molar-refractivity contribution in [2.75, 3.05) is 19.0 Å². The average molecular weight is 334 g/mol. The van der Waals surface area contributed by atoms with Crippen molar-refractivity contribution in [2.24, 2.45) is 5.84 Å². The van der Waals surface area contributed by atoms with E-state index in [2.05, 4.69) is 0 Å². The third-order valence-electron chi connectivity index (χ3n) is 2.08. The number of hydrogen-bond acceptors (Lipinski definition) is 7. The molecule has 0 saturated carbocycles. The van der Waals surface area contributed by atoms with Crippen LogP contribution in [-0.2, 0) is 10.0 Å². The van der Waals surface area contributed by atoms with Crippen molar-refractivity contribution in [3.8, 4) is 0 Å². The largest absolute Gasteiger partial charge is 0.402 e. The van der Waals surface area contributed by atoms with Crippen LogP contribution in [0, 0.1) is 10.1 Å². The molecular formula is C7H9F3N4O4S2. The Hall–Kier alpha value is -1.44. The number of hydrogen-bond donors (Lipinski definition) is 2. The molecule has 0 radical (unpaired) electrons. The van der Waals surface area contributed by atoms with E-state index in [4.69, 9.17) is 5.84 Å². The summed E-state index contributed by atoms with van der Waals surface area (Å²) >= 11 is 0.374. The second kappa shape index (κ2) is 5.51. The topological polar surface area (TPSA) is 119 Å². The molecule has 3 N–H and O–H groups in total. The highest BCUT2D eigenvalue weighted by molar-refractivity contribution is 7.91. The molecule has 114 valence electrons. The van der Waals surface area contributed by atoms with Crippen molar-refractivity contribution >= 4 is 32.0 Å². The monoisotopic (exact) mass is 334 g/mol. The number of halogens is 3. The van der Waals surface area contributed by atoms with Gasteiger partial charge in [0.05, 0.1) is 4.92 Å². The number of nitrogens with one attached hydrogen (secondary N) is 1. The predicted molar refractivity (Wildman–Crippen MR) is 64.7 cm³/mol. The summed E-state index contributed by atoms with van der Waals surface area (Å²) in [6.07, 6.45) is -4.72. The third kappa shape index (κ3) is 3.56. The Morgan fingerprint density at radius 1 is 1.55 bits per heavy atom. The molecule has 1 aromatic heterocycles. The van der Waals surface area contributed by atoms with E-state index in [0.717, 1.165) is 7.05 Å². The fraction of sp³-hybridized carbons (Fsp3) is 0.429. The fourth-order valence-corrected chi connectivity index (χ4v) is 3.82. The minimum absolute atomic E-state index is 0.0584. The number of rotatable bonds is 5. The summed E-state index contributed by atoms with van der Waals surface area (Å²) in [5.41, 5.74) is 1.30. The van der Waals surface area contributed by atoms with Crippen molar-refractivity contribution in [2.45, 2.75) is 10.4 Å². The lowest BCUT2D eigenvalue weighted by Gasteiger charge is -2.17. The van der Waals surface area contributed by atoms with Crippen molar-refractivity contribution < 1.29 is 26.5 Å². The minimum atomic E-state index is -4.72. The molecule has 13 heteroatoms. The van der Waals surface area contributed by atoms with Crippen LogP contribution >= 0.6 is 11.3 Å². The number of nitrogens with two attached hydrogens (primary N) is 1. The number of nitrogens with zero attached hydrogens (tertiary/aromatic N) is 2. The molecule has 1 aromatic rings. The molecule has 1 heterocycles. The van der Waals surface area contributed by atoms with Crippen LogP contribution in [0.3, 0.4) is 0 Å². The first-order valence-corrected chi connectivity index (χ1v) is 7.02. The molecule has 0 unspecified atom stereocenters. The van der Waals surface area contributed by atoms with Gasteiger partial charge in [0.1, 0.15) is 10.8 Å². The zero-order valence-corrected chi connectivity index (χ0v) is 11.5. The van der Waals surface area contributed by atoms with Gasteiger partial charge in [-0.2, -0.15) is 17.5 Å². The Kier molecular flexibility index (Phi) is 4.58. The summed E-state index contributed by atoms with van der Waals surface area (Å²) in [6, 6.07) is 0.655. The Morgan fingerprint density at radius 2 is 2.10 bits per heavy atom. The van der Waals surface area contributed by atoms with Gasteiger partial charge in [0.2, 0.25) is 0 Å². The van der Waals surface area contributed by atoms with Crippen molar-refractivity contribution in [1.82, 2.24) is 4.31 Å². The summed E-state index contributed by atoms with van der Waals surface area (Å²) in [5, 5.41) is 10.4. The maximum absolute atomic E-state index is 12.2. The normalized spacial score (nSPS) is 12.7. The third-order valence-corrected chi connectivity index (χ3v) is 5.39. The molecule has 0 fully saturated rings. The van der Waals surface area contributed by atoms with Gasteiger partial charge in [-0.1, -0.05) is 11.3 Å². The average Bonchev–Trinajstić information content (AvgIpc) is 2.70. The first-order chi connectivity index (χ1) is 8.99. The highest BCUT2D eigenvalue weighted by Gasteiger charge is 2.36. The standard InChI is InChI=1S/C7H9F3N4O4S2/c1-13(3-7(8,9)10)20(17,18)5-2-4(14(15)16)6(12-11)19-5/h2,12H,3,11H2,1H3. The second-order valence-electron chi connectivity index (χ2n) is 3.56. The number of nitrogen functional groups attached to an aromatic ring is 1. The van der Waals surface area contributed by atoms with Gasteiger partial charge >= 0.3 is 11.9 Å². The summed E-state index contributed by atoms with van der Waals surface area (Å²) in [5.74, 6) is 4.99. The van der Waals surface area contributed by atoms with Gasteiger partial charge in [0.15, 0.2) is 5.00 Å². The van der Waals surface area contributed by atoms with Gasteiger partial charge in [0, 0.05) is 13.1 Å². The van der Waals surface area contributed by atoms with Crippen molar-refractivity contribution in [3.63, 3.8) is 0 Å². The second-order valence-corrected chi connectivity index (χ2v) is 6.88. The number of anilines is 1. The number of hydrazine groups is 1. The Labute approximate surface area is 115 Å². The highest BCUT2D eigenvalue weighted by atomic mass is 32.2. The minimum Gasteiger partial charge on any atom is -0.310 e. The van der Waals surface area contributed by atoms with E-state index in [1.54, 1.807) is 0 Å². The van der Waals surface area contributed by atoms with Crippen LogP contribution < -0.4 is 11.3 Å². The van der Waals surface area contributed by atoms with Gasteiger partial charge in [-0.3, -0.25) is 10.1 Å². The van der Waals surface area contributed by atoms with Crippen molar-refractivity contribution in [1.29, 1.82) is 0 Å². The highest BCUT2D eigenvalue weighted by Crippen LogP contribution is 2.37. The first kappa shape index (κ1) is 16.6. The summed E-state index contributed by atoms with van der Waals surface area (Å²) in [6.45, 7) is -1.70. The lowest BCUT2D eigenvalue weighted by molar-refractivity contribution is -0.383. The lowest BCUT2D eigenvalue weighted by Crippen LogP contribution is -2.35. The van der Waals surface area contributed by atoms with Crippen LogP contribution in [0.1, 0.15) is 0 Å². The van der Waals surface area contributed by atoms with Crippen LogP contribution in [0.5, 0.6) is 0 Å². The summed E-state index contributed by atoms with van der Waals surface area (Å²) < 4.78 is 59.7. The first-order valence-electron chi connectivity index (χ1n) is 4.77. The van der Waals surface area contributed by atoms with E-state index < -0.39 is 37.6 Å². The Balaban J connectivity index is 3.19. The summed E-state index contributed by atoms with van der Waals surface area (Å²) in [7, 11) is -3.76. The predicted octanol–water partition coefficient (Wildman–Crippen LogP) is 1.12. The van der Waals surface area contributed by atoms with Gasteiger partial charge < -0.3 is 5.43 Å². The molecule has 0 aliphatic heterocycles. The zero-order valence-electron chi connectivity index (χ0n) is 9.84. The molecule has 20 heavy (non-hydrogen) atoms. The van der Waals surface area contributed by atoms with Crippen molar-refractivity contribution in [3.05, 3.63) is 16.2 Å². The molecule has 0 bridgehead atoms. The molecule has 0 spiro atoms. The lowest BCUT2D eigenvalue weighted by atomic mass is 10.5. The van der Waals surface area contributed by atoms with E-state index in [0.29, 0.717) is 17.4 Å². The maximum atomic E-state index is 12.2. The smallest absolute Gasteiger partial charge is 0.310 e. The number of alkyl halides is 3. The quantitative estimate of drug-likeness (QED) is 0.473. The Morgan fingerprint density at radius 3 is 2.45 bits per heavy atom. The molecule has 0 amide bonds. The number of thiophene rings is 1. The van der Waals surface area contributed by atoms with E-state index >= 15 is 0 Å². The molecule has 0 aliphatic rings. The van der Waals surface area contributed by atoms with E-state index in [-0.39, 0.29) is 9.31 Å². The van der Waals surface area contributed by atoms with E-state index in [9.17, 15) is 31.7 Å².